The lowest BCUT2D eigenvalue weighted by molar-refractivity contribution is -0.126. The minimum atomic E-state index is -0.0567. The van der Waals surface area contributed by atoms with E-state index in [4.69, 9.17) is 9.84 Å². The van der Waals surface area contributed by atoms with Gasteiger partial charge >= 0.3 is 0 Å². The molecule has 5 heteroatoms. The van der Waals surface area contributed by atoms with E-state index in [0.717, 1.165) is 19.6 Å². The Labute approximate surface area is 132 Å². The van der Waals surface area contributed by atoms with Crippen LogP contribution >= 0.6 is 0 Å². The van der Waals surface area contributed by atoms with E-state index in [1.165, 1.54) is 5.56 Å². The van der Waals surface area contributed by atoms with Gasteiger partial charge in [0.15, 0.2) is 0 Å². The largest absolute Gasteiger partial charge is 0.396 e. The number of rotatable bonds is 7. The molecule has 1 heterocycles. The van der Waals surface area contributed by atoms with Crippen LogP contribution in [0.1, 0.15) is 25.3 Å². The van der Waals surface area contributed by atoms with Crippen molar-refractivity contribution in [2.45, 2.75) is 38.5 Å². The molecule has 0 radical (unpaired) electrons. The molecule has 1 fully saturated rings. The Morgan fingerprint density at radius 3 is 2.95 bits per heavy atom. The third kappa shape index (κ3) is 5.75. The zero-order chi connectivity index (χ0) is 15.8. The maximum absolute atomic E-state index is 12.0. The fourth-order valence-electron chi connectivity index (χ4n) is 2.70. The van der Waals surface area contributed by atoms with Crippen LogP contribution in [0, 0.1) is 0 Å². The van der Waals surface area contributed by atoms with Gasteiger partial charge in [0, 0.05) is 32.3 Å². The van der Waals surface area contributed by atoms with Crippen LogP contribution in [0.2, 0.25) is 0 Å². The molecule has 22 heavy (non-hydrogen) atoms. The van der Waals surface area contributed by atoms with E-state index in [1.54, 1.807) is 0 Å². The highest BCUT2D eigenvalue weighted by Gasteiger charge is 2.23. The molecule has 5 nitrogen and oxygen atoms in total. The summed E-state index contributed by atoms with van der Waals surface area (Å²) in [5, 5.41) is 11.8. The molecule has 122 valence electrons. The van der Waals surface area contributed by atoms with Crippen molar-refractivity contribution >= 4 is 5.91 Å². The van der Waals surface area contributed by atoms with Crippen molar-refractivity contribution in [2.24, 2.45) is 0 Å². The molecule has 1 saturated heterocycles. The first kappa shape index (κ1) is 16.9. The van der Waals surface area contributed by atoms with Gasteiger partial charge in [0.25, 0.3) is 0 Å². The highest BCUT2D eigenvalue weighted by Crippen LogP contribution is 2.12. The summed E-state index contributed by atoms with van der Waals surface area (Å²) in [5.41, 5.74) is 1.28. The molecule has 2 atom stereocenters. The second-order valence-corrected chi connectivity index (χ2v) is 5.90. The molecule has 2 N–H and O–H groups in total. The predicted molar refractivity (Wildman–Crippen MR) is 85.4 cm³/mol. The molecule has 0 aromatic heterocycles. The Balaban J connectivity index is 1.77. The van der Waals surface area contributed by atoms with Gasteiger partial charge in [0.05, 0.1) is 19.1 Å². The Hall–Kier alpha value is -1.43. The van der Waals surface area contributed by atoms with Crippen LogP contribution in [-0.4, -0.2) is 54.4 Å². The van der Waals surface area contributed by atoms with Crippen molar-refractivity contribution < 1.29 is 14.6 Å². The number of aliphatic hydroxyl groups excluding tert-OH is 1. The summed E-state index contributed by atoms with van der Waals surface area (Å²) in [4.78, 5) is 14.3. The number of carbonyl (C=O) groups excluding carboxylic acids is 1. The maximum Gasteiger partial charge on any atom is 0.222 e. The molecular formula is C17H26N2O3. The number of nitrogens with zero attached hydrogens (tertiary/aromatic N) is 1. The average molecular weight is 306 g/mol. The van der Waals surface area contributed by atoms with Gasteiger partial charge in [0.1, 0.15) is 0 Å². The molecule has 1 aliphatic rings. The number of ether oxygens (including phenoxy) is 1. The van der Waals surface area contributed by atoms with E-state index in [-0.39, 0.29) is 24.7 Å². The van der Waals surface area contributed by atoms with Crippen molar-refractivity contribution in [3.05, 3.63) is 35.9 Å². The number of aliphatic hydroxyl groups is 1. The molecule has 0 bridgehead atoms. The zero-order valence-electron chi connectivity index (χ0n) is 13.2. The second kappa shape index (κ2) is 8.88. The monoisotopic (exact) mass is 306 g/mol. The number of benzene rings is 1. The number of hydrogen-bond donors (Lipinski definition) is 2. The summed E-state index contributed by atoms with van der Waals surface area (Å²) in [6.45, 7) is 5.22. The van der Waals surface area contributed by atoms with E-state index in [9.17, 15) is 4.79 Å². The van der Waals surface area contributed by atoms with Crippen molar-refractivity contribution in [1.82, 2.24) is 10.2 Å². The average Bonchev–Trinajstić information content (AvgIpc) is 2.48. The van der Waals surface area contributed by atoms with E-state index in [1.807, 2.05) is 25.1 Å². The number of hydrogen-bond acceptors (Lipinski definition) is 4. The molecule has 2 rings (SSSR count). The van der Waals surface area contributed by atoms with Crippen molar-refractivity contribution in [2.75, 3.05) is 26.3 Å². The fourth-order valence-corrected chi connectivity index (χ4v) is 2.70. The van der Waals surface area contributed by atoms with Gasteiger partial charge in [-0.05, 0) is 18.9 Å². The second-order valence-electron chi connectivity index (χ2n) is 5.90. The number of morpholine rings is 1. The van der Waals surface area contributed by atoms with Gasteiger partial charge in [-0.1, -0.05) is 30.3 Å². The Morgan fingerprint density at radius 2 is 2.23 bits per heavy atom. The normalized spacial score (nSPS) is 20.5. The van der Waals surface area contributed by atoms with Crippen LogP contribution < -0.4 is 5.32 Å². The maximum atomic E-state index is 12.0. The predicted octanol–water partition coefficient (Wildman–Crippen LogP) is 1.16. The minimum absolute atomic E-state index is 0.00140. The van der Waals surface area contributed by atoms with Crippen LogP contribution in [0.15, 0.2) is 30.3 Å². The number of amides is 1. The molecule has 0 aliphatic carbocycles. The Kier molecular flexibility index (Phi) is 6.83. The molecule has 1 amide bonds. The van der Waals surface area contributed by atoms with Gasteiger partial charge in [-0.2, -0.15) is 0 Å². The third-order valence-electron chi connectivity index (χ3n) is 3.85. The molecular weight excluding hydrogens is 280 g/mol. The van der Waals surface area contributed by atoms with Crippen LogP contribution in [0.25, 0.3) is 0 Å². The van der Waals surface area contributed by atoms with Crippen LogP contribution in [0.5, 0.6) is 0 Å². The van der Waals surface area contributed by atoms with Crippen LogP contribution in [-0.2, 0) is 16.1 Å². The summed E-state index contributed by atoms with van der Waals surface area (Å²) in [5.74, 6) is -0.00693. The van der Waals surface area contributed by atoms with Gasteiger partial charge in [-0.3, -0.25) is 9.69 Å². The van der Waals surface area contributed by atoms with E-state index in [2.05, 4.69) is 22.3 Å². The zero-order valence-corrected chi connectivity index (χ0v) is 13.2. The van der Waals surface area contributed by atoms with Gasteiger partial charge in [-0.15, -0.1) is 0 Å². The standard InChI is InChI=1S/C17H26N2O3/c1-14(7-9-20)18-17(21)11-16-13-19(8-10-22-16)12-15-5-3-2-4-6-15/h2-6,14,16,20H,7-13H2,1H3,(H,18,21). The highest BCUT2D eigenvalue weighted by atomic mass is 16.5. The van der Waals surface area contributed by atoms with E-state index < -0.39 is 0 Å². The first-order valence-corrected chi connectivity index (χ1v) is 7.95. The van der Waals surface area contributed by atoms with Gasteiger partial charge < -0.3 is 15.2 Å². The smallest absolute Gasteiger partial charge is 0.222 e. The first-order chi connectivity index (χ1) is 10.7. The Bertz CT molecular complexity index is 452. The first-order valence-electron chi connectivity index (χ1n) is 7.95. The Morgan fingerprint density at radius 1 is 1.45 bits per heavy atom. The quantitative estimate of drug-likeness (QED) is 0.794. The van der Waals surface area contributed by atoms with Crippen LogP contribution in [0.3, 0.4) is 0 Å². The topological polar surface area (TPSA) is 61.8 Å². The molecule has 1 aromatic rings. The summed E-state index contributed by atoms with van der Waals surface area (Å²) in [7, 11) is 0. The highest BCUT2D eigenvalue weighted by molar-refractivity contribution is 5.76. The minimum Gasteiger partial charge on any atom is -0.396 e. The molecule has 1 aromatic carbocycles. The molecule has 0 saturated carbocycles. The summed E-state index contributed by atoms with van der Waals surface area (Å²) >= 11 is 0. The summed E-state index contributed by atoms with van der Waals surface area (Å²) in [6, 6.07) is 10.3. The van der Waals surface area contributed by atoms with Crippen molar-refractivity contribution in [1.29, 1.82) is 0 Å². The molecule has 0 spiro atoms. The van der Waals surface area contributed by atoms with Gasteiger partial charge in [0.2, 0.25) is 5.91 Å². The molecule has 1 aliphatic heterocycles. The van der Waals surface area contributed by atoms with Crippen LogP contribution in [0.4, 0.5) is 0 Å². The SMILES string of the molecule is CC(CCO)NC(=O)CC1CN(Cc2ccccc2)CCO1. The number of carbonyl (C=O) groups is 1. The molecule has 2 unspecified atom stereocenters. The van der Waals surface area contributed by atoms with Crippen molar-refractivity contribution in [3.63, 3.8) is 0 Å². The third-order valence-corrected chi connectivity index (χ3v) is 3.85. The van der Waals surface area contributed by atoms with E-state index >= 15 is 0 Å². The fraction of sp³-hybridized carbons (Fsp3) is 0.588. The van der Waals surface area contributed by atoms with E-state index in [0.29, 0.717) is 19.4 Å². The summed E-state index contributed by atoms with van der Waals surface area (Å²) in [6.07, 6.45) is 0.900. The lowest BCUT2D eigenvalue weighted by atomic mass is 10.1. The number of nitrogens with one attached hydrogen (secondary N) is 1. The van der Waals surface area contributed by atoms with Gasteiger partial charge in [-0.25, -0.2) is 0 Å². The lowest BCUT2D eigenvalue weighted by Gasteiger charge is -2.32. The lowest BCUT2D eigenvalue weighted by Crippen LogP contribution is -2.45. The summed E-state index contributed by atoms with van der Waals surface area (Å²) < 4.78 is 5.71. The van der Waals surface area contributed by atoms with Crippen molar-refractivity contribution in [3.8, 4) is 0 Å².